The lowest BCUT2D eigenvalue weighted by Crippen LogP contribution is -1.99. The van der Waals surface area contributed by atoms with E-state index in [4.69, 9.17) is 4.74 Å². The Labute approximate surface area is 82.3 Å². The summed E-state index contributed by atoms with van der Waals surface area (Å²) in [6, 6.07) is 0. The van der Waals surface area contributed by atoms with Crippen LogP contribution in [-0.4, -0.2) is 19.8 Å². The first-order valence-electron chi connectivity index (χ1n) is 5.57. The van der Waals surface area contributed by atoms with Crippen LogP contribution in [0.3, 0.4) is 0 Å². The van der Waals surface area contributed by atoms with Crippen LogP contribution in [0.1, 0.15) is 51.9 Å². The van der Waals surface area contributed by atoms with Gasteiger partial charge in [-0.3, -0.25) is 0 Å². The Balaban J connectivity index is 2.76. The maximum Gasteiger partial charge on any atom is 0.106 e. The predicted octanol–water partition coefficient (Wildman–Crippen LogP) is 3.18. The smallest absolute Gasteiger partial charge is 0.106 e. The van der Waals surface area contributed by atoms with Crippen molar-refractivity contribution in [3.05, 3.63) is 0 Å². The molecule has 0 heterocycles. The van der Waals surface area contributed by atoms with E-state index in [9.17, 15) is 5.11 Å². The van der Waals surface area contributed by atoms with Gasteiger partial charge < -0.3 is 4.74 Å². The number of ether oxygens (including phenoxy) is 1. The van der Waals surface area contributed by atoms with Crippen molar-refractivity contribution < 1.29 is 9.84 Å². The molecular weight excluding hydrogens is 164 g/mol. The highest BCUT2D eigenvalue weighted by atomic mass is 16.5. The van der Waals surface area contributed by atoms with Crippen molar-refractivity contribution >= 4 is 0 Å². The highest BCUT2D eigenvalue weighted by Gasteiger charge is 1.91. The van der Waals surface area contributed by atoms with Gasteiger partial charge in [0.2, 0.25) is 0 Å². The maximum atomic E-state index is 10.0. The van der Waals surface area contributed by atoms with Crippen LogP contribution >= 0.6 is 0 Å². The van der Waals surface area contributed by atoms with E-state index >= 15 is 0 Å². The molecule has 0 fully saturated rings. The molecule has 0 saturated heterocycles. The van der Waals surface area contributed by atoms with Crippen LogP contribution in [0.5, 0.6) is 0 Å². The second-order valence-electron chi connectivity index (χ2n) is 3.44. The first kappa shape index (κ1) is 12.9. The quantitative estimate of drug-likeness (QED) is 0.483. The molecule has 13 heavy (non-hydrogen) atoms. The normalized spacial score (nSPS) is 10.6. The molecule has 0 saturated carbocycles. The molecule has 2 heteroatoms. The van der Waals surface area contributed by atoms with Crippen molar-refractivity contribution in [2.24, 2.45) is 0 Å². The molecule has 0 rings (SSSR count). The Kier molecular flexibility index (Phi) is 11.8. The van der Waals surface area contributed by atoms with E-state index in [1.165, 1.54) is 38.5 Å². The molecule has 0 atom stereocenters. The summed E-state index contributed by atoms with van der Waals surface area (Å²) in [5, 5.41) is 10.0. The fraction of sp³-hybridized carbons (Fsp3) is 1.00. The Bertz CT molecular complexity index is 74.2. The van der Waals surface area contributed by atoms with E-state index in [2.05, 4.69) is 6.92 Å². The molecule has 0 aromatic heterocycles. The van der Waals surface area contributed by atoms with Gasteiger partial charge in [0, 0.05) is 6.61 Å². The van der Waals surface area contributed by atoms with Crippen molar-refractivity contribution in [3.63, 3.8) is 0 Å². The van der Waals surface area contributed by atoms with Gasteiger partial charge in [0.25, 0.3) is 0 Å². The molecular formula is C11H23O2. The fourth-order valence-corrected chi connectivity index (χ4v) is 1.32. The summed E-state index contributed by atoms with van der Waals surface area (Å²) in [4.78, 5) is 0. The lowest BCUT2D eigenvalue weighted by molar-refractivity contribution is 0.0618. The highest BCUT2D eigenvalue weighted by molar-refractivity contribution is 4.44. The Morgan fingerprint density at radius 2 is 1.46 bits per heavy atom. The molecule has 0 aromatic carbocycles. The zero-order valence-electron chi connectivity index (χ0n) is 8.89. The standard InChI is InChI=1S/C11H23O2/c1-2-3-4-5-6-7-8-10-13-11-9-12/h2-11H2,1H3. The van der Waals surface area contributed by atoms with Crippen LogP contribution in [0, 0.1) is 0 Å². The predicted molar refractivity (Wildman–Crippen MR) is 54.4 cm³/mol. The number of rotatable bonds is 10. The van der Waals surface area contributed by atoms with Gasteiger partial charge in [0.15, 0.2) is 0 Å². The molecule has 0 aliphatic heterocycles. The number of unbranched alkanes of at least 4 members (excludes halogenated alkanes) is 6. The second kappa shape index (κ2) is 11.9. The molecule has 0 aliphatic rings. The largest absolute Gasteiger partial charge is 0.379 e. The van der Waals surface area contributed by atoms with E-state index in [0.29, 0.717) is 6.61 Å². The molecule has 0 unspecified atom stereocenters. The lowest BCUT2D eigenvalue weighted by Gasteiger charge is -2.01. The molecule has 0 aromatic rings. The third-order valence-corrected chi connectivity index (χ3v) is 2.12. The Morgan fingerprint density at radius 3 is 2.08 bits per heavy atom. The summed E-state index contributed by atoms with van der Waals surface area (Å²) in [6.45, 7) is 3.29. The first-order valence-corrected chi connectivity index (χ1v) is 5.57. The second-order valence-corrected chi connectivity index (χ2v) is 3.44. The molecule has 79 valence electrons. The summed E-state index contributed by atoms with van der Waals surface area (Å²) in [7, 11) is 0. The summed E-state index contributed by atoms with van der Waals surface area (Å²) in [5.41, 5.74) is 0. The van der Waals surface area contributed by atoms with Gasteiger partial charge in [0.05, 0.1) is 6.61 Å². The molecule has 1 radical (unpaired) electrons. The van der Waals surface area contributed by atoms with Crippen LogP contribution < -0.4 is 0 Å². The monoisotopic (exact) mass is 187 g/mol. The molecule has 0 amide bonds. The topological polar surface area (TPSA) is 29.1 Å². The Morgan fingerprint density at radius 1 is 0.846 bits per heavy atom. The minimum atomic E-state index is -0.101. The van der Waals surface area contributed by atoms with Crippen LogP contribution in [0.2, 0.25) is 0 Å². The van der Waals surface area contributed by atoms with E-state index in [1.807, 2.05) is 0 Å². The lowest BCUT2D eigenvalue weighted by atomic mass is 10.1. The van der Waals surface area contributed by atoms with Crippen molar-refractivity contribution in [1.82, 2.24) is 0 Å². The SMILES string of the molecule is CCCCCCCCCOCC[O]. The average Bonchev–Trinajstić information content (AvgIpc) is 2.16. The molecule has 0 aliphatic carbocycles. The zero-order valence-corrected chi connectivity index (χ0v) is 8.89. The minimum absolute atomic E-state index is 0.101. The number of hydrogen-bond acceptors (Lipinski definition) is 1. The van der Waals surface area contributed by atoms with Gasteiger partial charge >= 0.3 is 0 Å². The average molecular weight is 187 g/mol. The van der Waals surface area contributed by atoms with Crippen LogP contribution in [0.25, 0.3) is 0 Å². The van der Waals surface area contributed by atoms with Gasteiger partial charge in [-0.15, -0.1) is 0 Å². The van der Waals surface area contributed by atoms with Crippen LogP contribution in [0.4, 0.5) is 0 Å². The fourth-order valence-electron chi connectivity index (χ4n) is 1.32. The zero-order chi connectivity index (χ0) is 9.78. The van der Waals surface area contributed by atoms with E-state index < -0.39 is 0 Å². The summed E-state index contributed by atoms with van der Waals surface area (Å²) >= 11 is 0. The van der Waals surface area contributed by atoms with E-state index in [0.717, 1.165) is 13.0 Å². The van der Waals surface area contributed by atoms with E-state index in [-0.39, 0.29) is 6.61 Å². The third-order valence-electron chi connectivity index (χ3n) is 2.12. The first-order chi connectivity index (χ1) is 6.41. The molecule has 2 nitrogen and oxygen atoms in total. The summed E-state index contributed by atoms with van der Waals surface area (Å²) in [6.07, 6.45) is 9.10. The van der Waals surface area contributed by atoms with Crippen molar-refractivity contribution in [1.29, 1.82) is 0 Å². The molecule has 0 spiro atoms. The van der Waals surface area contributed by atoms with Crippen molar-refractivity contribution in [2.45, 2.75) is 51.9 Å². The highest BCUT2D eigenvalue weighted by Crippen LogP contribution is 2.06. The maximum absolute atomic E-state index is 10.0. The van der Waals surface area contributed by atoms with Crippen molar-refractivity contribution in [2.75, 3.05) is 19.8 Å². The minimum Gasteiger partial charge on any atom is -0.379 e. The summed E-state index contributed by atoms with van der Waals surface area (Å²) in [5.74, 6) is 0. The van der Waals surface area contributed by atoms with Gasteiger partial charge in [-0.2, -0.15) is 0 Å². The number of hydrogen-bond donors (Lipinski definition) is 0. The van der Waals surface area contributed by atoms with Crippen molar-refractivity contribution in [3.8, 4) is 0 Å². The van der Waals surface area contributed by atoms with E-state index in [1.54, 1.807) is 0 Å². The van der Waals surface area contributed by atoms with Crippen LogP contribution in [0.15, 0.2) is 0 Å². The van der Waals surface area contributed by atoms with Gasteiger partial charge in [-0.1, -0.05) is 45.4 Å². The molecule has 0 bridgehead atoms. The van der Waals surface area contributed by atoms with Gasteiger partial charge in [-0.05, 0) is 6.42 Å². The van der Waals surface area contributed by atoms with Gasteiger partial charge in [0.1, 0.15) is 6.61 Å². The molecule has 0 N–H and O–H groups in total. The Hall–Kier alpha value is -0.0800. The summed E-state index contributed by atoms with van der Waals surface area (Å²) < 4.78 is 5.10. The van der Waals surface area contributed by atoms with Gasteiger partial charge in [-0.25, -0.2) is 5.11 Å². The third kappa shape index (κ3) is 11.9. The van der Waals surface area contributed by atoms with Crippen LogP contribution in [-0.2, 0) is 9.84 Å².